The fourth-order valence-electron chi connectivity index (χ4n) is 1.62. The minimum Gasteiger partial charge on any atom is -0.204 e. The smallest absolute Gasteiger partial charge is 0.162 e. The Morgan fingerprint density at radius 2 is 2.00 bits per heavy atom. The fraction of sp³-hybridized carbons (Fsp3) is 0.500. The van der Waals surface area contributed by atoms with Crippen LogP contribution >= 0.6 is 11.6 Å². The molecule has 0 heterocycles. The van der Waals surface area contributed by atoms with E-state index in [1.54, 1.807) is 6.07 Å². The van der Waals surface area contributed by atoms with Crippen molar-refractivity contribution in [1.82, 2.24) is 0 Å². The first-order chi connectivity index (χ1) is 7.06. The van der Waals surface area contributed by atoms with E-state index in [4.69, 9.17) is 11.6 Å². The van der Waals surface area contributed by atoms with Crippen LogP contribution in [0.5, 0.6) is 0 Å². The van der Waals surface area contributed by atoms with Crippen LogP contribution in [0.1, 0.15) is 25.8 Å². The van der Waals surface area contributed by atoms with Crippen LogP contribution in [0.15, 0.2) is 18.2 Å². The summed E-state index contributed by atoms with van der Waals surface area (Å²) < 4.78 is 26.3. The maximum absolute atomic E-state index is 13.3. The second-order valence-electron chi connectivity index (χ2n) is 3.76. The molecular formula is C12H15ClF2. The van der Waals surface area contributed by atoms with Crippen molar-refractivity contribution in [3.63, 3.8) is 0 Å². The summed E-state index contributed by atoms with van der Waals surface area (Å²) in [6.45, 7) is 3.88. The molecular weight excluding hydrogens is 218 g/mol. The summed E-state index contributed by atoms with van der Waals surface area (Å²) in [6.07, 6.45) is 1.35. The maximum Gasteiger partial charge on any atom is 0.162 e. The largest absolute Gasteiger partial charge is 0.204 e. The van der Waals surface area contributed by atoms with Crippen molar-refractivity contribution in [2.24, 2.45) is 5.92 Å². The Labute approximate surface area is 94.3 Å². The average Bonchev–Trinajstić information content (AvgIpc) is 2.19. The number of hydrogen-bond acceptors (Lipinski definition) is 0. The molecule has 2 atom stereocenters. The molecule has 1 rings (SSSR count). The average molecular weight is 233 g/mol. The number of hydrogen-bond donors (Lipinski definition) is 0. The predicted octanol–water partition coefficient (Wildman–Crippen LogP) is 4.16. The van der Waals surface area contributed by atoms with Gasteiger partial charge in [0.15, 0.2) is 11.6 Å². The summed E-state index contributed by atoms with van der Waals surface area (Å²) in [6, 6.07) is 4.27. The van der Waals surface area contributed by atoms with Crippen molar-refractivity contribution in [2.45, 2.75) is 32.1 Å². The molecule has 0 spiro atoms. The first-order valence-corrected chi connectivity index (χ1v) is 5.56. The van der Waals surface area contributed by atoms with Gasteiger partial charge in [-0.3, -0.25) is 0 Å². The van der Waals surface area contributed by atoms with Crippen LogP contribution in [-0.2, 0) is 6.42 Å². The van der Waals surface area contributed by atoms with Gasteiger partial charge >= 0.3 is 0 Å². The summed E-state index contributed by atoms with van der Waals surface area (Å²) >= 11 is 5.97. The van der Waals surface area contributed by atoms with Gasteiger partial charge in [0, 0.05) is 5.38 Å². The molecule has 3 heteroatoms. The molecule has 1 aromatic carbocycles. The Morgan fingerprint density at radius 1 is 1.33 bits per heavy atom. The van der Waals surface area contributed by atoms with Crippen molar-refractivity contribution < 1.29 is 8.78 Å². The van der Waals surface area contributed by atoms with Gasteiger partial charge in [0.1, 0.15) is 0 Å². The second kappa shape index (κ2) is 5.45. The molecule has 0 nitrogen and oxygen atoms in total. The molecule has 0 aliphatic carbocycles. The SMILES string of the molecule is CCC(Cc1cccc(F)c1F)C(C)Cl. The van der Waals surface area contributed by atoms with Crippen molar-refractivity contribution in [2.75, 3.05) is 0 Å². The summed E-state index contributed by atoms with van der Waals surface area (Å²) in [5.41, 5.74) is 0.411. The first-order valence-electron chi connectivity index (χ1n) is 5.13. The molecule has 0 saturated carbocycles. The van der Waals surface area contributed by atoms with Gasteiger partial charge in [-0.2, -0.15) is 0 Å². The topological polar surface area (TPSA) is 0 Å². The van der Waals surface area contributed by atoms with Gasteiger partial charge in [-0.05, 0) is 30.9 Å². The summed E-state index contributed by atoms with van der Waals surface area (Å²) in [5.74, 6) is -1.35. The van der Waals surface area contributed by atoms with E-state index < -0.39 is 11.6 Å². The van der Waals surface area contributed by atoms with Gasteiger partial charge in [0.2, 0.25) is 0 Å². The van der Waals surface area contributed by atoms with Crippen molar-refractivity contribution in [1.29, 1.82) is 0 Å². The third-order valence-electron chi connectivity index (χ3n) is 2.69. The maximum atomic E-state index is 13.3. The normalized spacial score (nSPS) is 15.0. The van der Waals surface area contributed by atoms with Gasteiger partial charge in [0.05, 0.1) is 0 Å². The second-order valence-corrected chi connectivity index (χ2v) is 4.45. The summed E-state index contributed by atoms with van der Waals surface area (Å²) in [4.78, 5) is 0. The lowest BCUT2D eigenvalue weighted by Gasteiger charge is -2.17. The van der Waals surface area contributed by atoms with Crippen LogP contribution in [0.4, 0.5) is 8.78 Å². The molecule has 0 radical (unpaired) electrons. The number of halogens is 3. The third kappa shape index (κ3) is 3.16. The minimum absolute atomic E-state index is 0.0299. The van der Waals surface area contributed by atoms with E-state index in [1.165, 1.54) is 6.07 Å². The van der Waals surface area contributed by atoms with Crippen LogP contribution in [-0.4, -0.2) is 5.38 Å². The Balaban J connectivity index is 2.84. The summed E-state index contributed by atoms with van der Waals surface area (Å²) in [7, 11) is 0. The van der Waals surface area contributed by atoms with E-state index in [9.17, 15) is 8.78 Å². The lowest BCUT2D eigenvalue weighted by molar-refractivity contribution is 0.459. The van der Waals surface area contributed by atoms with E-state index in [2.05, 4.69) is 0 Å². The minimum atomic E-state index is -0.787. The molecule has 0 fully saturated rings. The Kier molecular flexibility index (Phi) is 4.52. The van der Waals surface area contributed by atoms with Crippen LogP contribution < -0.4 is 0 Å². The quantitative estimate of drug-likeness (QED) is 0.684. The molecule has 0 aliphatic heterocycles. The fourth-order valence-corrected chi connectivity index (χ4v) is 1.89. The number of benzene rings is 1. The lowest BCUT2D eigenvalue weighted by atomic mass is 9.94. The Hall–Kier alpha value is -0.630. The van der Waals surface area contributed by atoms with Gasteiger partial charge < -0.3 is 0 Å². The molecule has 2 unspecified atom stereocenters. The van der Waals surface area contributed by atoms with Gasteiger partial charge in [-0.15, -0.1) is 11.6 Å². The van der Waals surface area contributed by atoms with Crippen molar-refractivity contribution in [3.05, 3.63) is 35.4 Å². The Morgan fingerprint density at radius 3 is 2.53 bits per heavy atom. The lowest BCUT2D eigenvalue weighted by Crippen LogP contribution is -2.14. The first kappa shape index (κ1) is 12.4. The number of alkyl halides is 1. The molecule has 0 amide bonds. The predicted molar refractivity (Wildman–Crippen MR) is 59.2 cm³/mol. The van der Waals surface area contributed by atoms with Gasteiger partial charge in [0.25, 0.3) is 0 Å². The highest BCUT2D eigenvalue weighted by molar-refractivity contribution is 6.20. The highest BCUT2D eigenvalue weighted by atomic mass is 35.5. The zero-order chi connectivity index (χ0) is 11.4. The third-order valence-corrected chi connectivity index (χ3v) is 3.04. The highest BCUT2D eigenvalue weighted by Gasteiger charge is 2.16. The zero-order valence-electron chi connectivity index (χ0n) is 8.93. The summed E-state index contributed by atoms with van der Waals surface area (Å²) in [5, 5.41) is -0.0299. The molecule has 1 aromatic rings. The molecule has 84 valence electrons. The molecule has 0 aromatic heterocycles. The zero-order valence-corrected chi connectivity index (χ0v) is 9.69. The number of rotatable bonds is 4. The Bertz CT molecular complexity index is 323. The molecule has 0 aliphatic rings. The van der Waals surface area contributed by atoms with E-state index >= 15 is 0 Å². The van der Waals surface area contributed by atoms with E-state index in [0.717, 1.165) is 12.5 Å². The van der Waals surface area contributed by atoms with Crippen LogP contribution in [0.3, 0.4) is 0 Å². The van der Waals surface area contributed by atoms with Gasteiger partial charge in [-0.25, -0.2) is 8.78 Å². The van der Waals surface area contributed by atoms with E-state index in [1.807, 2.05) is 13.8 Å². The molecule has 15 heavy (non-hydrogen) atoms. The molecule has 0 N–H and O–H groups in total. The van der Waals surface area contributed by atoms with Crippen LogP contribution in [0.2, 0.25) is 0 Å². The van der Waals surface area contributed by atoms with E-state index in [0.29, 0.717) is 12.0 Å². The van der Waals surface area contributed by atoms with Crippen LogP contribution in [0, 0.1) is 17.6 Å². The van der Waals surface area contributed by atoms with E-state index in [-0.39, 0.29) is 11.3 Å². The monoisotopic (exact) mass is 232 g/mol. The van der Waals surface area contributed by atoms with Crippen molar-refractivity contribution >= 4 is 11.6 Å². The standard InChI is InChI=1S/C12H15ClF2/c1-3-9(8(2)13)7-10-5-4-6-11(14)12(10)15/h4-6,8-9H,3,7H2,1-2H3. The van der Waals surface area contributed by atoms with Crippen molar-refractivity contribution in [3.8, 4) is 0 Å². The highest BCUT2D eigenvalue weighted by Crippen LogP contribution is 2.22. The molecule has 0 saturated heterocycles. The van der Waals surface area contributed by atoms with Crippen LogP contribution in [0.25, 0.3) is 0 Å². The van der Waals surface area contributed by atoms with Gasteiger partial charge in [-0.1, -0.05) is 25.5 Å². The molecule has 0 bridgehead atoms.